The van der Waals surface area contributed by atoms with E-state index in [0.717, 1.165) is 6.42 Å². The molecule has 6 nitrogen and oxygen atoms in total. The molecule has 2 amide bonds. The molecule has 0 spiro atoms. The molecule has 0 aliphatic rings. The van der Waals surface area contributed by atoms with E-state index in [-0.39, 0.29) is 28.2 Å². The highest BCUT2D eigenvalue weighted by atomic mass is 35.5. The topological polar surface area (TPSA) is 84.5 Å². The lowest BCUT2D eigenvalue weighted by molar-refractivity contribution is 0.0600. The van der Waals surface area contributed by atoms with Gasteiger partial charge in [0.15, 0.2) is 0 Å². The molecule has 0 radical (unpaired) electrons. The smallest absolute Gasteiger partial charge is 0.337 e. The van der Waals surface area contributed by atoms with Crippen molar-refractivity contribution in [3.63, 3.8) is 0 Å². The van der Waals surface area contributed by atoms with Crippen LogP contribution in [0.3, 0.4) is 0 Å². The van der Waals surface area contributed by atoms with Crippen LogP contribution in [-0.2, 0) is 4.74 Å². The van der Waals surface area contributed by atoms with Crippen LogP contribution < -0.4 is 10.6 Å². The number of anilines is 1. The Morgan fingerprint density at radius 3 is 2.33 bits per heavy atom. The Morgan fingerprint density at radius 1 is 1.04 bits per heavy atom. The van der Waals surface area contributed by atoms with Crippen LogP contribution in [0.4, 0.5) is 5.69 Å². The van der Waals surface area contributed by atoms with Gasteiger partial charge < -0.3 is 15.4 Å². The SMILES string of the molecule is CCC(C)NC(=O)c1cccc(C(=O)Nc2cc(C(=O)OC)ccc2Cl)c1. The van der Waals surface area contributed by atoms with Crippen LogP contribution in [0.5, 0.6) is 0 Å². The largest absolute Gasteiger partial charge is 0.465 e. The van der Waals surface area contributed by atoms with Gasteiger partial charge in [0.2, 0.25) is 0 Å². The first-order valence-corrected chi connectivity index (χ1v) is 8.83. The van der Waals surface area contributed by atoms with Crippen molar-refractivity contribution in [2.75, 3.05) is 12.4 Å². The van der Waals surface area contributed by atoms with Gasteiger partial charge in [-0.05, 0) is 49.7 Å². The van der Waals surface area contributed by atoms with Crippen LogP contribution in [-0.4, -0.2) is 30.9 Å². The van der Waals surface area contributed by atoms with Gasteiger partial charge in [-0.15, -0.1) is 0 Å². The fourth-order valence-corrected chi connectivity index (χ4v) is 2.44. The number of ether oxygens (including phenoxy) is 1. The third-order valence-electron chi connectivity index (χ3n) is 4.01. The van der Waals surface area contributed by atoms with E-state index >= 15 is 0 Å². The monoisotopic (exact) mass is 388 g/mol. The minimum absolute atomic E-state index is 0.0369. The van der Waals surface area contributed by atoms with E-state index in [1.54, 1.807) is 18.2 Å². The van der Waals surface area contributed by atoms with E-state index < -0.39 is 11.9 Å². The molecule has 142 valence electrons. The number of amides is 2. The lowest BCUT2D eigenvalue weighted by Crippen LogP contribution is -2.32. The van der Waals surface area contributed by atoms with Gasteiger partial charge in [0, 0.05) is 17.2 Å². The van der Waals surface area contributed by atoms with Crippen molar-refractivity contribution in [1.29, 1.82) is 0 Å². The number of carbonyl (C=O) groups is 3. The minimum Gasteiger partial charge on any atom is -0.465 e. The van der Waals surface area contributed by atoms with E-state index in [1.165, 1.54) is 31.4 Å². The molecule has 0 fully saturated rings. The molecule has 0 saturated carbocycles. The predicted octanol–water partition coefficient (Wildman–Crippen LogP) is 3.91. The number of halogens is 1. The van der Waals surface area contributed by atoms with E-state index in [4.69, 9.17) is 11.6 Å². The van der Waals surface area contributed by atoms with Crippen LogP contribution in [0.2, 0.25) is 5.02 Å². The van der Waals surface area contributed by atoms with E-state index in [0.29, 0.717) is 11.1 Å². The van der Waals surface area contributed by atoms with E-state index in [1.807, 2.05) is 13.8 Å². The second-order valence-electron chi connectivity index (χ2n) is 6.00. The van der Waals surface area contributed by atoms with Crippen LogP contribution in [0.1, 0.15) is 51.3 Å². The Kier molecular flexibility index (Phi) is 6.96. The average molecular weight is 389 g/mol. The molecule has 0 aromatic heterocycles. The van der Waals surface area contributed by atoms with Gasteiger partial charge in [-0.3, -0.25) is 9.59 Å². The quantitative estimate of drug-likeness (QED) is 0.735. The van der Waals surface area contributed by atoms with Gasteiger partial charge in [-0.2, -0.15) is 0 Å². The number of nitrogens with one attached hydrogen (secondary N) is 2. The Balaban J connectivity index is 2.20. The molecule has 0 bridgehead atoms. The molecule has 0 aliphatic carbocycles. The molecule has 1 atom stereocenters. The molecule has 27 heavy (non-hydrogen) atoms. The summed E-state index contributed by atoms with van der Waals surface area (Å²) in [6, 6.07) is 10.8. The highest BCUT2D eigenvalue weighted by Gasteiger charge is 2.15. The van der Waals surface area contributed by atoms with Crippen molar-refractivity contribution in [2.24, 2.45) is 0 Å². The summed E-state index contributed by atoms with van der Waals surface area (Å²) in [4.78, 5) is 36.4. The Morgan fingerprint density at radius 2 is 1.70 bits per heavy atom. The second kappa shape index (κ2) is 9.19. The lowest BCUT2D eigenvalue weighted by atomic mass is 10.1. The molecule has 0 heterocycles. The average Bonchev–Trinajstić information content (AvgIpc) is 2.68. The van der Waals surface area contributed by atoms with Crippen molar-refractivity contribution in [3.05, 3.63) is 64.2 Å². The Hall–Kier alpha value is -2.86. The normalized spacial score (nSPS) is 11.4. The predicted molar refractivity (Wildman–Crippen MR) is 104 cm³/mol. The standard InChI is InChI=1S/C20H21ClN2O4/c1-4-12(2)22-18(24)13-6-5-7-14(10-13)19(25)23-17-11-15(20(26)27-3)8-9-16(17)21/h5-12H,4H2,1-3H3,(H,22,24)(H,23,25). The summed E-state index contributed by atoms with van der Waals surface area (Å²) in [5.41, 5.74) is 1.22. The summed E-state index contributed by atoms with van der Waals surface area (Å²) in [5.74, 6) is -1.23. The van der Waals surface area contributed by atoms with Crippen LogP contribution in [0, 0.1) is 0 Å². The second-order valence-corrected chi connectivity index (χ2v) is 6.41. The van der Waals surface area contributed by atoms with Crippen molar-refractivity contribution >= 4 is 35.1 Å². The van der Waals surface area contributed by atoms with Gasteiger partial charge in [-0.25, -0.2) is 4.79 Å². The summed E-state index contributed by atoms with van der Waals surface area (Å²) in [6.07, 6.45) is 0.806. The summed E-state index contributed by atoms with van der Waals surface area (Å²) in [5, 5.41) is 5.79. The summed E-state index contributed by atoms with van der Waals surface area (Å²) in [6.45, 7) is 3.88. The number of hydrogen-bond acceptors (Lipinski definition) is 4. The van der Waals surface area contributed by atoms with E-state index in [2.05, 4.69) is 15.4 Å². The maximum Gasteiger partial charge on any atom is 0.337 e. The molecule has 2 N–H and O–H groups in total. The molecular weight excluding hydrogens is 368 g/mol. The highest BCUT2D eigenvalue weighted by Crippen LogP contribution is 2.24. The fourth-order valence-electron chi connectivity index (χ4n) is 2.27. The first kappa shape index (κ1) is 20.5. The number of hydrogen-bond donors (Lipinski definition) is 2. The number of methoxy groups -OCH3 is 1. The Labute approximate surface area is 162 Å². The van der Waals surface area contributed by atoms with Crippen LogP contribution in [0.25, 0.3) is 0 Å². The van der Waals surface area contributed by atoms with Crippen molar-refractivity contribution in [3.8, 4) is 0 Å². The number of esters is 1. The van der Waals surface area contributed by atoms with Crippen molar-refractivity contribution in [1.82, 2.24) is 5.32 Å². The van der Waals surface area contributed by atoms with Gasteiger partial charge >= 0.3 is 5.97 Å². The molecule has 0 saturated heterocycles. The third kappa shape index (κ3) is 5.31. The summed E-state index contributed by atoms with van der Waals surface area (Å²) < 4.78 is 4.66. The zero-order chi connectivity index (χ0) is 20.0. The number of benzene rings is 2. The molecule has 0 aliphatic heterocycles. The molecule has 2 aromatic rings. The first-order chi connectivity index (χ1) is 12.8. The molecule has 1 unspecified atom stereocenters. The van der Waals surface area contributed by atoms with Gasteiger partial charge in [-0.1, -0.05) is 24.6 Å². The van der Waals surface area contributed by atoms with E-state index in [9.17, 15) is 14.4 Å². The van der Waals surface area contributed by atoms with Crippen LogP contribution >= 0.6 is 11.6 Å². The van der Waals surface area contributed by atoms with Crippen LogP contribution in [0.15, 0.2) is 42.5 Å². The fraction of sp³-hybridized carbons (Fsp3) is 0.250. The molecule has 2 aromatic carbocycles. The van der Waals surface area contributed by atoms with Gasteiger partial charge in [0.25, 0.3) is 11.8 Å². The molecular formula is C20H21ClN2O4. The maximum atomic E-state index is 12.6. The Bertz CT molecular complexity index is 867. The number of carbonyl (C=O) groups excluding carboxylic acids is 3. The lowest BCUT2D eigenvalue weighted by Gasteiger charge is -2.12. The van der Waals surface area contributed by atoms with Crippen molar-refractivity contribution < 1.29 is 19.1 Å². The van der Waals surface area contributed by atoms with Gasteiger partial charge in [0.1, 0.15) is 0 Å². The number of rotatable bonds is 6. The maximum absolute atomic E-state index is 12.6. The first-order valence-electron chi connectivity index (χ1n) is 8.45. The summed E-state index contributed by atoms with van der Waals surface area (Å²) >= 11 is 6.10. The van der Waals surface area contributed by atoms with Gasteiger partial charge in [0.05, 0.1) is 23.4 Å². The minimum atomic E-state index is -0.536. The highest BCUT2D eigenvalue weighted by molar-refractivity contribution is 6.34. The zero-order valence-electron chi connectivity index (χ0n) is 15.3. The van der Waals surface area contributed by atoms with Crippen molar-refractivity contribution in [2.45, 2.75) is 26.3 Å². The summed E-state index contributed by atoms with van der Waals surface area (Å²) in [7, 11) is 1.27. The zero-order valence-corrected chi connectivity index (χ0v) is 16.1. The molecule has 2 rings (SSSR count). The molecule has 7 heteroatoms. The third-order valence-corrected chi connectivity index (χ3v) is 4.34.